The second kappa shape index (κ2) is 8.52. The number of methoxy groups -OCH3 is 1. The molecule has 0 unspecified atom stereocenters. The number of anilines is 3. The number of hydrogen-bond donors (Lipinski definition) is 2. The number of nitrogens with one attached hydrogen (secondary N) is 2. The number of carbonyl (C=O) groups is 2. The fourth-order valence-corrected chi connectivity index (χ4v) is 3.25. The summed E-state index contributed by atoms with van der Waals surface area (Å²) in [7, 11) is 1.36. The Balaban J connectivity index is 1.61. The van der Waals surface area contributed by atoms with E-state index in [1.807, 2.05) is 30.3 Å². The quantitative estimate of drug-likeness (QED) is 0.763. The molecule has 0 aliphatic heterocycles. The second-order valence-electron chi connectivity index (χ2n) is 6.60. The van der Waals surface area contributed by atoms with E-state index >= 15 is 0 Å². The summed E-state index contributed by atoms with van der Waals surface area (Å²) >= 11 is 0. The van der Waals surface area contributed by atoms with Crippen LogP contribution in [0.4, 0.5) is 17.1 Å². The summed E-state index contributed by atoms with van der Waals surface area (Å²) in [6.07, 6.45) is 5.50. The van der Waals surface area contributed by atoms with Gasteiger partial charge in [-0.3, -0.25) is 4.79 Å². The number of rotatable bonds is 5. The van der Waals surface area contributed by atoms with Crippen LogP contribution in [0.5, 0.6) is 0 Å². The van der Waals surface area contributed by atoms with Gasteiger partial charge in [0.05, 0.1) is 12.7 Å². The molecule has 0 radical (unpaired) electrons. The van der Waals surface area contributed by atoms with Crippen LogP contribution in [0, 0.1) is 5.92 Å². The fourth-order valence-electron chi connectivity index (χ4n) is 3.25. The minimum atomic E-state index is -0.366. The predicted octanol–water partition coefficient (Wildman–Crippen LogP) is 4.74. The third-order valence-electron chi connectivity index (χ3n) is 4.70. The van der Waals surface area contributed by atoms with Gasteiger partial charge in [-0.1, -0.05) is 25.3 Å². The summed E-state index contributed by atoms with van der Waals surface area (Å²) in [4.78, 5) is 23.9. The Labute approximate surface area is 153 Å². The molecule has 1 amide bonds. The molecule has 0 spiro atoms. The van der Waals surface area contributed by atoms with Gasteiger partial charge in [0.1, 0.15) is 0 Å². The van der Waals surface area contributed by atoms with Gasteiger partial charge in [0.25, 0.3) is 0 Å². The topological polar surface area (TPSA) is 67.4 Å². The second-order valence-corrected chi connectivity index (χ2v) is 6.60. The maximum atomic E-state index is 12.3. The molecule has 2 aromatic carbocycles. The van der Waals surface area contributed by atoms with Gasteiger partial charge in [-0.2, -0.15) is 0 Å². The van der Waals surface area contributed by atoms with Crippen LogP contribution < -0.4 is 10.6 Å². The zero-order chi connectivity index (χ0) is 18.4. The van der Waals surface area contributed by atoms with Crippen molar-refractivity contribution in [3.8, 4) is 0 Å². The van der Waals surface area contributed by atoms with E-state index in [4.69, 9.17) is 4.74 Å². The molecule has 0 aromatic heterocycles. The van der Waals surface area contributed by atoms with E-state index in [1.165, 1.54) is 13.5 Å². The van der Waals surface area contributed by atoms with Crippen molar-refractivity contribution in [1.29, 1.82) is 0 Å². The summed E-state index contributed by atoms with van der Waals surface area (Å²) < 4.78 is 4.74. The van der Waals surface area contributed by atoms with Crippen LogP contribution in [0.15, 0.2) is 48.5 Å². The average Bonchev–Trinajstić information content (AvgIpc) is 2.69. The Bertz CT molecular complexity index is 765. The number of ether oxygens (including phenoxy) is 1. The van der Waals surface area contributed by atoms with E-state index in [9.17, 15) is 9.59 Å². The number of hydrogen-bond acceptors (Lipinski definition) is 4. The molecule has 5 nitrogen and oxygen atoms in total. The van der Waals surface area contributed by atoms with Crippen LogP contribution in [0.3, 0.4) is 0 Å². The lowest BCUT2D eigenvalue weighted by molar-refractivity contribution is -0.120. The first-order chi connectivity index (χ1) is 12.7. The summed E-state index contributed by atoms with van der Waals surface area (Å²) in [5.41, 5.74) is 2.97. The Morgan fingerprint density at radius 3 is 2.31 bits per heavy atom. The van der Waals surface area contributed by atoms with Crippen molar-refractivity contribution in [2.75, 3.05) is 17.7 Å². The van der Waals surface area contributed by atoms with Gasteiger partial charge in [0.15, 0.2) is 0 Å². The molecule has 26 heavy (non-hydrogen) atoms. The Kier molecular flexibility index (Phi) is 5.89. The van der Waals surface area contributed by atoms with Crippen LogP contribution in [0.1, 0.15) is 42.5 Å². The van der Waals surface area contributed by atoms with E-state index < -0.39 is 0 Å². The van der Waals surface area contributed by atoms with Crippen molar-refractivity contribution in [2.45, 2.75) is 32.1 Å². The number of esters is 1. The molecule has 0 bridgehead atoms. The number of amides is 1. The standard InChI is InChI=1S/C21H24N2O3/c1-26-21(25)16-8-5-9-19(14-16)22-17-10-12-18(13-11-17)23-20(24)15-6-3-2-4-7-15/h5,8-15,22H,2-4,6-7H2,1H3,(H,23,24). The predicted molar refractivity (Wildman–Crippen MR) is 103 cm³/mol. The molecule has 1 aliphatic carbocycles. The SMILES string of the molecule is COC(=O)c1cccc(Nc2ccc(NC(=O)C3CCCCC3)cc2)c1. The molecule has 0 atom stereocenters. The largest absolute Gasteiger partial charge is 0.465 e. The Morgan fingerprint density at radius 1 is 0.923 bits per heavy atom. The van der Waals surface area contributed by atoms with Crippen LogP contribution in [-0.4, -0.2) is 19.0 Å². The van der Waals surface area contributed by atoms with Crippen molar-refractivity contribution in [2.24, 2.45) is 5.92 Å². The highest BCUT2D eigenvalue weighted by molar-refractivity contribution is 5.93. The zero-order valence-corrected chi connectivity index (χ0v) is 15.0. The van der Waals surface area contributed by atoms with E-state index in [0.29, 0.717) is 5.56 Å². The van der Waals surface area contributed by atoms with Crippen molar-refractivity contribution in [3.05, 3.63) is 54.1 Å². The van der Waals surface area contributed by atoms with Gasteiger partial charge < -0.3 is 15.4 Å². The molecule has 0 heterocycles. The molecule has 1 saturated carbocycles. The maximum absolute atomic E-state index is 12.3. The highest BCUT2D eigenvalue weighted by Gasteiger charge is 2.20. The Morgan fingerprint density at radius 2 is 1.62 bits per heavy atom. The van der Waals surface area contributed by atoms with E-state index in [-0.39, 0.29) is 17.8 Å². The molecular formula is C21H24N2O3. The lowest BCUT2D eigenvalue weighted by Gasteiger charge is -2.20. The van der Waals surface area contributed by atoms with Crippen molar-refractivity contribution in [3.63, 3.8) is 0 Å². The van der Waals surface area contributed by atoms with Crippen molar-refractivity contribution < 1.29 is 14.3 Å². The first-order valence-electron chi connectivity index (χ1n) is 9.02. The minimum absolute atomic E-state index is 0.121. The maximum Gasteiger partial charge on any atom is 0.337 e. The molecule has 5 heteroatoms. The molecule has 1 aliphatic rings. The summed E-state index contributed by atoms with van der Waals surface area (Å²) in [6.45, 7) is 0. The zero-order valence-electron chi connectivity index (χ0n) is 15.0. The molecule has 1 fully saturated rings. The summed E-state index contributed by atoms with van der Waals surface area (Å²) in [5, 5.41) is 6.25. The highest BCUT2D eigenvalue weighted by atomic mass is 16.5. The van der Waals surface area contributed by atoms with E-state index in [1.54, 1.807) is 18.2 Å². The normalized spacial score (nSPS) is 14.5. The highest BCUT2D eigenvalue weighted by Crippen LogP contribution is 2.25. The summed E-state index contributed by atoms with van der Waals surface area (Å²) in [5.74, 6) is -0.103. The first kappa shape index (κ1) is 18.0. The van der Waals surface area contributed by atoms with Crippen LogP contribution >= 0.6 is 0 Å². The molecule has 2 aromatic rings. The van der Waals surface area contributed by atoms with Gasteiger partial charge >= 0.3 is 5.97 Å². The van der Waals surface area contributed by atoms with Crippen molar-refractivity contribution in [1.82, 2.24) is 0 Å². The smallest absolute Gasteiger partial charge is 0.337 e. The Hall–Kier alpha value is -2.82. The van der Waals surface area contributed by atoms with Crippen LogP contribution in [-0.2, 0) is 9.53 Å². The summed E-state index contributed by atoms with van der Waals surface area (Å²) in [6, 6.07) is 14.7. The monoisotopic (exact) mass is 352 g/mol. The van der Waals surface area contributed by atoms with Crippen LogP contribution in [0.25, 0.3) is 0 Å². The van der Waals surface area contributed by atoms with Gasteiger partial charge in [0, 0.05) is 23.0 Å². The minimum Gasteiger partial charge on any atom is -0.465 e. The molecule has 3 rings (SSSR count). The van der Waals surface area contributed by atoms with E-state index in [2.05, 4.69) is 10.6 Å². The third kappa shape index (κ3) is 4.63. The van der Waals surface area contributed by atoms with Gasteiger partial charge in [-0.05, 0) is 55.3 Å². The number of benzene rings is 2. The molecule has 136 valence electrons. The first-order valence-corrected chi connectivity index (χ1v) is 9.02. The third-order valence-corrected chi connectivity index (χ3v) is 4.70. The van der Waals surface area contributed by atoms with E-state index in [0.717, 1.165) is 42.7 Å². The molecular weight excluding hydrogens is 328 g/mol. The van der Waals surface area contributed by atoms with Gasteiger partial charge in [0.2, 0.25) is 5.91 Å². The fraction of sp³-hybridized carbons (Fsp3) is 0.333. The van der Waals surface area contributed by atoms with Crippen LogP contribution in [0.2, 0.25) is 0 Å². The average molecular weight is 352 g/mol. The number of carbonyl (C=O) groups excluding carboxylic acids is 2. The van der Waals surface area contributed by atoms with Crippen molar-refractivity contribution >= 4 is 28.9 Å². The lowest BCUT2D eigenvalue weighted by Crippen LogP contribution is -2.24. The van der Waals surface area contributed by atoms with Gasteiger partial charge in [-0.25, -0.2) is 4.79 Å². The lowest BCUT2D eigenvalue weighted by atomic mass is 9.88. The van der Waals surface area contributed by atoms with Gasteiger partial charge in [-0.15, -0.1) is 0 Å². The molecule has 2 N–H and O–H groups in total. The molecule has 0 saturated heterocycles.